The molecule has 24 heteroatoms. The normalized spacial score (nSPS) is 14.3. The summed E-state index contributed by atoms with van der Waals surface area (Å²) >= 11 is 24.3. The number of carbonyl (C=O) groups is 6. The number of pyridine rings is 3. The van der Waals surface area contributed by atoms with Gasteiger partial charge in [-0.15, -0.1) is 34.0 Å². The SMILES string of the molecule is CC(C)(C)c1cc(-c2csc(-c3ccc(C(=O)N4CCC(C(=O)O)CC4)cc3Cl)c2)ccn1.CC(C)(C)c1cc(-c2csc(-c3ccc(C(=O)O)cc3Cl)c2)ccn1.COC(=O)C1CCN(C(=O)c2ccc(-c3cc(-c4ccnc(C(C)(C)C)c4)cs3)c(Cl)c2)CC1.COC(=O)C1CCNCC1.[Li+].[OH-]. The molecule has 3 aliphatic rings. The van der Waals surface area contributed by atoms with E-state index >= 15 is 0 Å². The number of esters is 2. The van der Waals surface area contributed by atoms with Crippen molar-refractivity contribution < 1.29 is 72.8 Å². The van der Waals surface area contributed by atoms with Crippen molar-refractivity contribution in [2.75, 3.05) is 53.5 Å². The van der Waals surface area contributed by atoms with Crippen molar-refractivity contribution in [2.45, 2.75) is 117 Å². The maximum atomic E-state index is 13.0. The molecule has 3 saturated heterocycles. The number of aromatic nitrogens is 3. The Labute approximate surface area is 648 Å². The molecule has 9 heterocycles. The second-order valence-electron chi connectivity index (χ2n) is 28.6. The average Bonchev–Trinajstić information content (AvgIpc) is 1.62. The zero-order valence-electron chi connectivity index (χ0n) is 60.8. The molecule has 9 aromatic rings. The number of halogens is 3. The van der Waals surface area contributed by atoms with Crippen molar-refractivity contribution in [2.24, 2.45) is 17.8 Å². The number of carboxylic acids is 2. The van der Waals surface area contributed by atoms with Gasteiger partial charge in [-0.3, -0.25) is 38.9 Å². The number of hydrogen-bond acceptors (Lipinski definition) is 16. The fourth-order valence-corrected chi connectivity index (χ4v) is 15.8. The van der Waals surface area contributed by atoms with Crippen molar-refractivity contribution in [3.63, 3.8) is 0 Å². The molecule has 0 unspecified atom stereocenters. The summed E-state index contributed by atoms with van der Waals surface area (Å²) < 4.78 is 9.45. The van der Waals surface area contributed by atoms with Gasteiger partial charge in [-0.25, -0.2) is 4.79 Å². The topological polar surface area (TPSA) is 249 Å². The Morgan fingerprint density at radius 3 is 1.05 bits per heavy atom. The van der Waals surface area contributed by atoms with E-state index < -0.39 is 11.9 Å². The predicted molar refractivity (Wildman–Crippen MR) is 413 cm³/mol. The molecule has 3 aromatic carbocycles. The number of thiophene rings is 3. The van der Waals surface area contributed by atoms with Gasteiger partial charge in [0.25, 0.3) is 11.8 Å². The number of carboxylic acid groups (broad SMARTS) is 2. The molecule has 3 aliphatic heterocycles. The van der Waals surface area contributed by atoms with E-state index in [0.717, 1.165) is 108 Å². The molecule has 544 valence electrons. The molecule has 0 radical (unpaired) electrons. The van der Waals surface area contributed by atoms with Crippen LogP contribution in [0, 0.1) is 17.8 Å². The maximum Gasteiger partial charge on any atom is 1.00 e. The Morgan fingerprint density at radius 1 is 0.442 bits per heavy atom. The first-order valence-corrected chi connectivity index (χ1v) is 37.6. The first-order chi connectivity index (χ1) is 48.4. The summed E-state index contributed by atoms with van der Waals surface area (Å²) in [6.07, 6.45) is 9.59. The molecule has 17 nitrogen and oxygen atoms in total. The number of piperidine rings is 3. The fourth-order valence-electron chi connectivity index (χ4n) is 11.9. The Bertz CT molecular complexity index is 4480. The van der Waals surface area contributed by atoms with E-state index in [9.17, 15) is 28.8 Å². The molecule has 0 saturated carbocycles. The molecule has 0 aliphatic carbocycles. The summed E-state index contributed by atoms with van der Waals surface area (Å²) in [4.78, 5) is 90.8. The number of amides is 2. The van der Waals surface area contributed by atoms with Crippen LogP contribution in [0.3, 0.4) is 0 Å². The number of likely N-dealkylation sites (tertiary alicyclic amines) is 2. The first kappa shape index (κ1) is 83.7. The quantitative estimate of drug-likeness (QED) is 0.0760. The third kappa shape index (κ3) is 21.8. The second-order valence-corrected chi connectivity index (χ2v) is 32.5. The number of carbonyl (C=O) groups excluding carboxylic acids is 4. The zero-order valence-corrected chi connectivity index (χ0v) is 65.5. The van der Waals surface area contributed by atoms with Crippen molar-refractivity contribution in [1.82, 2.24) is 30.1 Å². The molecular formula is C80H88Cl3LiN6O11S3. The van der Waals surface area contributed by atoms with Crippen molar-refractivity contribution in [3.05, 3.63) is 193 Å². The van der Waals surface area contributed by atoms with Gasteiger partial charge in [0.15, 0.2) is 0 Å². The monoisotopic (exact) mass is 1520 g/mol. The van der Waals surface area contributed by atoms with E-state index in [-0.39, 0.29) is 87.7 Å². The van der Waals surface area contributed by atoms with Gasteiger partial charge < -0.3 is 40.3 Å². The molecule has 6 aromatic heterocycles. The third-order valence-corrected chi connectivity index (χ3v) is 22.0. The van der Waals surface area contributed by atoms with Crippen LogP contribution in [0.25, 0.3) is 64.7 Å². The summed E-state index contributed by atoms with van der Waals surface area (Å²) in [5.41, 5.74) is 13.7. The molecule has 4 N–H and O–H groups in total. The van der Waals surface area contributed by atoms with Crippen LogP contribution >= 0.6 is 68.8 Å². The number of methoxy groups -OCH3 is 2. The number of ether oxygens (including phenoxy) is 2. The number of aliphatic carboxylic acids is 1. The number of rotatable bonds is 12. The van der Waals surface area contributed by atoms with E-state index in [0.29, 0.717) is 78.1 Å². The summed E-state index contributed by atoms with van der Waals surface area (Å²) in [6, 6.07) is 34.5. The number of nitrogens with one attached hydrogen (secondary N) is 1. The summed E-state index contributed by atoms with van der Waals surface area (Å²) in [6.45, 7) is 23.2. The molecule has 104 heavy (non-hydrogen) atoms. The van der Waals surface area contributed by atoms with Gasteiger partial charge in [-0.2, -0.15) is 0 Å². The fraction of sp³-hybridized carbons (Fsp3) is 0.362. The smallest absolute Gasteiger partial charge is 0.870 e. The Kier molecular flexibility index (Phi) is 29.9. The summed E-state index contributed by atoms with van der Waals surface area (Å²) in [5.74, 6) is -2.54. The van der Waals surface area contributed by atoms with Crippen LogP contribution in [0.15, 0.2) is 144 Å². The maximum absolute atomic E-state index is 13.0. The Hall–Kier alpha value is -7.58. The van der Waals surface area contributed by atoms with E-state index in [4.69, 9.17) is 49.8 Å². The van der Waals surface area contributed by atoms with Gasteiger partial charge in [0.2, 0.25) is 0 Å². The van der Waals surface area contributed by atoms with Gasteiger partial charge in [0, 0.05) is 121 Å². The van der Waals surface area contributed by atoms with Gasteiger partial charge in [-0.1, -0.05) is 115 Å². The predicted octanol–water partition coefficient (Wildman–Crippen LogP) is 15.9. The largest absolute Gasteiger partial charge is 1.00 e. The molecular weight excluding hydrogens is 1430 g/mol. The number of benzene rings is 3. The zero-order chi connectivity index (χ0) is 73.8. The Balaban J connectivity index is 0.000000204. The standard InChI is InChI=1S/C27H29ClN2O3S.C26H27ClN2O3S.C20H18ClNO2S.C7H13NO2.Li.H2O/c1-27(2,3)24-15-18(7-10-29-24)20-14-23(34-16-20)21-6-5-19(13-22(21)28)25(31)30-11-8-17(9-12-30)26(32)33-4;1-26(2,3)23-14-17(6-9-28-23)19-13-22(33-15-19)20-5-4-18(12-21(20)27)24(30)29-10-7-16(8-11-29)25(31)32;1-20(2,3)18-10-12(6-7-22-18)14-9-17(25-11-14)15-5-4-13(19(23)24)8-16(15)21;1-10-7(9)6-2-4-8-5-3-6;;/h5-7,10,13-17H,8-9,11-12H2,1-4H3;4-6,9,12-16H,7-8,10-11H2,1-3H3,(H,31,32);4-11H,1-3H3,(H,23,24);6,8H,2-5H2,1H3;;1H2/q;;;;+1;/p-1. The van der Waals surface area contributed by atoms with E-state index in [1.165, 1.54) is 20.3 Å². The molecule has 0 atom stereocenters. The van der Waals surface area contributed by atoms with Gasteiger partial charge in [0.05, 0.1) is 52.6 Å². The number of aromatic carboxylic acids is 1. The van der Waals surface area contributed by atoms with E-state index in [1.807, 2.05) is 55.0 Å². The van der Waals surface area contributed by atoms with E-state index in [1.54, 1.807) is 74.1 Å². The minimum absolute atomic E-state index is 0. The van der Waals surface area contributed by atoms with Crippen LogP contribution < -0.4 is 24.2 Å². The molecule has 3 fully saturated rings. The number of nitrogens with zero attached hydrogens (tertiary/aromatic N) is 5. The van der Waals surface area contributed by atoms with Crippen molar-refractivity contribution in [1.29, 1.82) is 0 Å². The number of hydrogen-bond donors (Lipinski definition) is 3. The van der Waals surface area contributed by atoms with E-state index in [2.05, 4.69) is 140 Å². The summed E-state index contributed by atoms with van der Waals surface area (Å²) in [7, 11) is 2.85. The van der Waals surface area contributed by atoms with Crippen molar-refractivity contribution in [3.8, 4) is 64.7 Å². The van der Waals surface area contributed by atoms with Crippen LogP contribution in [0.4, 0.5) is 0 Å². The van der Waals surface area contributed by atoms with Crippen LogP contribution in [-0.2, 0) is 40.1 Å². The van der Waals surface area contributed by atoms with Crippen molar-refractivity contribution >= 4 is 105 Å². The second kappa shape index (κ2) is 37.1. The molecule has 0 bridgehead atoms. The average molecular weight is 1520 g/mol. The van der Waals surface area contributed by atoms with Crippen LogP contribution in [0.2, 0.25) is 15.1 Å². The van der Waals surface area contributed by atoms with Crippen LogP contribution in [0.5, 0.6) is 0 Å². The van der Waals surface area contributed by atoms with Gasteiger partial charge >= 0.3 is 42.7 Å². The van der Waals surface area contributed by atoms with Gasteiger partial charge in [0.1, 0.15) is 0 Å². The minimum Gasteiger partial charge on any atom is -0.870 e. The minimum atomic E-state index is -0.980. The molecule has 2 amide bonds. The summed E-state index contributed by atoms with van der Waals surface area (Å²) in [5, 5.41) is 29.2. The van der Waals surface area contributed by atoms with Crippen LogP contribution in [-0.4, -0.2) is 130 Å². The van der Waals surface area contributed by atoms with Crippen LogP contribution in [0.1, 0.15) is 149 Å². The molecule has 0 spiro atoms. The van der Waals surface area contributed by atoms with Gasteiger partial charge in [-0.05, 0) is 192 Å². The Morgan fingerprint density at radius 2 is 0.750 bits per heavy atom. The molecule has 12 rings (SSSR count). The first-order valence-electron chi connectivity index (χ1n) is 33.9. The third-order valence-electron chi connectivity index (χ3n) is 18.1.